The van der Waals surface area contributed by atoms with Crippen LogP contribution < -0.4 is 15.2 Å². The van der Waals surface area contributed by atoms with E-state index in [1.807, 2.05) is 34.6 Å². The summed E-state index contributed by atoms with van der Waals surface area (Å²) in [6.07, 6.45) is 29.0. The predicted molar refractivity (Wildman–Crippen MR) is 146 cm³/mol. The van der Waals surface area contributed by atoms with Crippen LogP contribution in [0.1, 0.15) is 78.1 Å². The fraction of sp³-hybridized carbons (Fsp3) is 0.600. The maximum atomic E-state index is 12.5. The van der Waals surface area contributed by atoms with E-state index in [9.17, 15) is 9.90 Å². The van der Waals surface area contributed by atoms with Crippen LogP contribution in [0.15, 0.2) is 60.3 Å². The Morgan fingerprint density at radius 2 is 1.50 bits per heavy atom. The van der Waals surface area contributed by atoms with Gasteiger partial charge in [-0.3, -0.25) is 4.79 Å². The predicted octanol–water partition coefficient (Wildman–Crippen LogP) is 3.90. The molecule has 195 valence electrons. The molecule has 1 amide bonds. The Kier molecular flexibility index (Phi) is 9.62. The van der Waals surface area contributed by atoms with Crippen molar-refractivity contribution in [3.05, 3.63) is 60.3 Å². The van der Waals surface area contributed by atoms with Crippen molar-refractivity contribution in [2.75, 3.05) is 13.1 Å². The molecule has 4 rings (SSSR count). The van der Waals surface area contributed by atoms with Crippen LogP contribution in [0.3, 0.4) is 0 Å². The maximum Gasteiger partial charge on any atom is 0.352 e. The minimum atomic E-state index is 0.0778. The summed E-state index contributed by atoms with van der Waals surface area (Å²) < 4.78 is 0. The average molecular weight is 494 g/mol. The van der Waals surface area contributed by atoms with Crippen LogP contribution >= 0.6 is 0 Å². The molecule has 3 N–H and O–H groups in total. The molecule has 0 aromatic rings. The van der Waals surface area contributed by atoms with Gasteiger partial charge in [-0.15, -0.1) is 4.90 Å². The Labute approximate surface area is 217 Å². The number of nitrogens with one attached hydrogen (secondary N) is 2. The van der Waals surface area contributed by atoms with Crippen LogP contribution in [-0.2, 0) is 4.79 Å². The van der Waals surface area contributed by atoms with Crippen molar-refractivity contribution in [3.63, 3.8) is 0 Å². The summed E-state index contributed by atoms with van der Waals surface area (Å²) in [4.78, 5) is 19.8. The summed E-state index contributed by atoms with van der Waals surface area (Å²) in [6.45, 7) is 5.12. The molecule has 0 aromatic carbocycles. The van der Waals surface area contributed by atoms with E-state index in [1.165, 1.54) is 64.2 Å². The van der Waals surface area contributed by atoms with Gasteiger partial charge in [0.25, 0.3) is 5.91 Å². The summed E-state index contributed by atoms with van der Waals surface area (Å²) in [7, 11) is 0. The number of rotatable bonds is 8. The molecule has 2 atom stereocenters. The summed E-state index contributed by atoms with van der Waals surface area (Å²) in [5, 5.41) is 13.7. The largest absolute Gasteiger partial charge is 0.462 e. The second-order valence-electron chi connectivity index (χ2n) is 11.1. The highest BCUT2D eigenvalue weighted by Gasteiger charge is 2.26. The zero-order valence-electron chi connectivity index (χ0n) is 22.2. The molecular formula is C30H45N4O2+2. The van der Waals surface area contributed by atoms with Gasteiger partial charge in [0, 0.05) is 36.5 Å². The van der Waals surface area contributed by atoms with Gasteiger partial charge in [0.2, 0.25) is 6.54 Å². The minimum Gasteiger partial charge on any atom is -0.462 e. The third kappa shape index (κ3) is 7.70. The van der Waals surface area contributed by atoms with Crippen LogP contribution in [0.2, 0.25) is 0 Å². The number of carbonyl (C=O) groups excluding carboxylic acids is 1. The molecular weight excluding hydrogens is 448 g/mol. The van der Waals surface area contributed by atoms with Gasteiger partial charge in [-0.2, -0.15) is 0 Å². The lowest BCUT2D eigenvalue weighted by Gasteiger charge is -2.28. The van der Waals surface area contributed by atoms with Crippen molar-refractivity contribution >= 4 is 11.8 Å². The Morgan fingerprint density at radius 3 is 2.11 bits per heavy atom. The van der Waals surface area contributed by atoms with E-state index in [4.69, 9.17) is 0 Å². The van der Waals surface area contributed by atoms with E-state index in [1.54, 1.807) is 0 Å². The van der Waals surface area contributed by atoms with Crippen molar-refractivity contribution in [2.24, 2.45) is 11.8 Å². The first-order valence-electron chi connectivity index (χ1n) is 14.1. The van der Waals surface area contributed by atoms with Gasteiger partial charge < -0.3 is 15.3 Å². The molecule has 0 aromatic heterocycles. The smallest absolute Gasteiger partial charge is 0.352 e. The second-order valence-corrected chi connectivity index (χ2v) is 11.1. The van der Waals surface area contributed by atoms with E-state index >= 15 is 0 Å². The van der Waals surface area contributed by atoms with Crippen LogP contribution in [0.4, 0.5) is 0 Å². The first kappa shape index (κ1) is 26.5. The zero-order chi connectivity index (χ0) is 25.3. The molecule has 0 unspecified atom stereocenters. The highest BCUT2D eigenvalue weighted by molar-refractivity contribution is 5.79. The minimum absolute atomic E-state index is 0.0778. The van der Waals surface area contributed by atoms with Crippen molar-refractivity contribution in [3.8, 4) is 0 Å². The lowest BCUT2D eigenvalue weighted by molar-refractivity contribution is -0.519. The van der Waals surface area contributed by atoms with E-state index in [2.05, 4.69) is 48.5 Å². The van der Waals surface area contributed by atoms with Crippen molar-refractivity contribution in [1.29, 1.82) is 0 Å². The molecule has 2 fully saturated rings. The maximum absolute atomic E-state index is 12.5. The molecule has 1 radical (unpaired) electrons. The molecule has 4 aliphatic rings. The molecule has 6 nitrogen and oxygen atoms in total. The Bertz CT molecular complexity index is 901. The first-order valence-corrected chi connectivity index (χ1v) is 14.1. The first-order chi connectivity index (χ1) is 17.5. The third-order valence-corrected chi connectivity index (χ3v) is 8.27. The molecule has 6 heteroatoms. The molecule has 2 aliphatic carbocycles. The van der Waals surface area contributed by atoms with Gasteiger partial charge >= 0.3 is 5.90 Å². The van der Waals surface area contributed by atoms with Crippen molar-refractivity contribution < 1.29 is 14.9 Å². The van der Waals surface area contributed by atoms with Gasteiger partial charge in [0.05, 0.1) is 0 Å². The van der Waals surface area contributed by atoms with E-state index in [0.717, 1.165) is 11.1 Å². The molecule has 2 aliphatic heterocycles. The summed E-state index contributed by atoms with van der Waals surface area (Å²) in [5.74, 6) is 1.67. The normalized spacial score (nSPS) is 23.8. The van der Waals surface area contributed by atoms with Crippen molar-refractivity contribution in [1.82, 2.24) is 15.1 Å². The second kappa shape index (κ2) is 13.1. The molecule has 36 heavy (non-hydrogen) atoms. The average Bonchev–Trinajstić information content (AvgIpc) is 2.90. The van der Waals surface area contributed by atoms with Crippen LogP contribution in [0, 0.1) is 11.8 Å². The highest BCUT2D eigenvalue weighted by Crippen LogP contribution is 2.26. The van der Waals surface area contributed by atoms with Crippen LogP contribution in [0.5, 0.6) is 0 Å². The van der Waals surface area contributed by atoms with Gasteiger partial charge in [0.15, 0.2) is 18.4 Å². The number of hydrogen-bond acceptors (Lipinski definition) is 3. The Hall–Kier alpha value is -2.60. The molecule has 0 saturated heterocycles. The van der Waals surface area contributed by atoms with Crippen LogP contribution in [0.25, 0.3) is 0 Å². The van der Waals surface area contributed by atoms with Gasteiger partial charge in [-0.1, -0.05) is 38.5 Å². The molecule has 2 saturated carbocycles. The number of aliphatic hydroxyl groups is 1. The monoisotopic (exact) mass is 493 g/mol. The summed E-state index contributed by atoms with van der Waals surface area (Å²) >= 11 is 0. The third-order valence-electron chi connectivity index (χ3n) is 8.27. The van der Waals surface area contributed by atoms with Gasteiger partial charge in [-0.05, 0) is 68.7 Å². The lowest BCUT2D eigenvalue weighted by atomic mass is 9.84. The topological polar surface area (TPSA) is 72.4 Å². The zero-order valence-corrected chi connectivity index (χ0v) is 22.2. The number of amides is 1. The van der Waals surface area contributed by atoms with Crippen LogP contribution in [-0.4, -0.2) is 47.0 Å². The fourth-order valence-corrected chi connectivity index (χ4v) is 5.96. The van der Waals surface area contributed by atoms with Gasteiger partial charge in [0.1, 0.15) is 6.54 Å². The van der Waals surface area contributed by atoms with E-state index in [0.29, 0.717) is 36.9 Å². The number of carbonyl (C=O) groups is 1. The number of aliphatic hydroxyl groups excluding tert-OH is 1. The summed E-state index contributed by atoms with van der Waals surface area (Å²) in [5.41, 5.74) is 2.21. The Balaban J connectivity index is 1.23. The van der Waals surface area contributed by atoms with E-state index in [-0.39, 0.29) is 11.9 Å². The van der Waals surface area contributed by atoms with Gasteiger partial charge in [-0.25, -0.2) is 4.99 Å². The fourth-order valence-electron chi connectivity index (χ4n) is 5.96. The summed E-state index contributed by atoms with van der Waals surface area (Å²) in [6, 6.07) is 0.551. The molecule has 2 heterocycles. The number of hydrogen-bond donors (Lipinski definition) is 3. The lowest BCUT2D eigenvalue weighted by Crippen LogP contribution is -2.81. The Morgan fingerprint density at radius 1 is 0.944 bits per heavy atom. The molecule has 0 bridgehead atoms. The SMILES string of the molecule is C[C@H](NC(=O)C[N+]1C=CC(=C2C=CN(CC(O)=[NH+][C@@H](C)C3CCCCC3)C=C2)C=C1)C1CCCCC1. The standard InChI is InChI=1S/C30H44N4O2/c1-23(25-9-5-3-6-10-25)31-29(35)21-33-17-13-27(14-18-33)28-15-19-34(20-16-28)22-30(36)32-24(2)26-11-7-4-8-12-26/h13-20,23-26H,3-12,21-22H2,1-2H3,(H,31,35)(H,32,36)/q+1/p+1/t23-,24-/m0/s1. The quantitative estimate of drug-likeness (QED) is 0.273. The highest BCUT2D eigenvalue weighted by atomic mass is 16.3. The number of nitrogens with zero attached hydrogens (tertiary/aromatic N) is 2. The number of allylic oxidation sites excluding steroid dienone is 6. The van der Waals surface area contributed by atoms with E-state index < -0.39 is 0 Å². The van der Waals surface area contributed by atoms with Crippen molar-refractivity contribution in [2.45, 2.75) is 90.1 Å². The molecule has 0 spiro atoms.